The molecule has 0 spiro atoms. The van der Waals surface area contributed by atoms with E-state index in [1.807, 2.05) is 24.3 Å². The van der Waals surface area contributed by atoms with Crippen LogP contribution in [-0.2, 0) is 4.79 Å². The first-order valence-electron chi connectivity index (χ1n) is 9.36. The number of carbonyl (C=O) groups is 1. The summed E-state index contributed by atoms with van der Waals surface area (Å²) in [6, 6.07) is 0. The molecule has 2 aliphatic rings. The van der Waals surface area contributed by atoms with Crippen molar-refractivity contribution in [2.24, 2.45) is 5.41 Å². The molecule has 0 amide bonds. The summed E-state index contributed by atoms with van der Waals surface area (Å²) in [6.07, 6.45) is 8.15. The van der Waals surface area contributed by atoms with Gasteiger partial charge >= 0.3 is 5.97 Å². The van der Waals surface area contributed by atoms with Gasteiger partial charge in [0.15, 0.2) is 0 Å². The van der Waals surface area contributed by atoms with Crippen molar-refractivity contribution in [3.05, 3.63) is 24.3 Å². The van der Waals surface area contributed by atoms with Crippen LogP contribution in [0.1, 0.15) is 6.42 Å². The van der Waals surface area contributed by atoms with E-state index >= 15 is 0 Å². The second-order valence-corrected chi connectivity index (χ2v) is 6.73. The first-order valence-corrected chi connectivity index (χ1v) is 9.36. The number of nitrogens with one attached hydrogen (secondary N) is 4. The fraction of sp³-hybridized carbons (Fsp3) is 0.722. The molecule has 0 aromatic rings. The molecule has 1 aliphatic carbocycles. The molecule has 1 saturated heterocycles. The van der Waals surface area contributed by atoms with Crippen molar-refractivity contribution in [1.29, 1.82) is 0 Å². The molecule has 25 heavy (non-hydrogen) atoms. The number of rotatable bonds is 3. The molecular weight excluding hydrogens is 318 g/mol. The summed E-state index contributed by atoms with van der Waals surface area (Å²) in [4.78, 5) is 14.2. The van der Waals surface area contributed by atoms with Gasteiger partial charge in [0.1, 0.15) is 5.41 Å². The smallest absolute Gasteiger partial charge is 0.315 e. The Balaban J connectivity index is 1.90. The average molecular weight is 351 g/mol. The summed E-state index contributed by atoms with van der Waals surface area (Å²) in [5.74, 6) is -0.738. The molecule has 7 heteroatoms. The van der Waals surface area contributed by atoms with Gasteiger partial charge in [-0.05, 0) is 6.42 Å². The third-order valence-electron chi connectivity index (χ3n) is 4.72. The van der Waals surface area contributed by atoms with Gasteiger partial charge in [-0.2, -0.15) is 0 Å². The molecule has 0 saturated carbocycles. The molecule has 2 rings (SSSR count). The maximum absolute atomic E-state index is 11.9. The van der Waals surface area contributed by atoms with E-state index in [0.717, 1.165) is 65.4 Å². The molecule has 0 radical (unpaired) electrons. The van der Waals surface area contributed by atoms with E-state index < -0.39 is 11.4 Å². The highest BCUT2D eigenvalue weighted by atomic mass is 16.4. The lowest BCUT2D eigenvalue weighted by molar-refractivity contribution is -0.147. The highest BCUT2D eigenvalue weighted by molar-refractivity contribution is 5.78. The second-order valence-electron chi connectivity index (χ2n) is 6.73. The lowest BCUT2D eigenvalue weighted by Crippen LogP contribution is -2.47. The summed E-state index contributed by atoms with van der Waals surface area (Å²) < 4.78 is 0. The van der Waals surface area contributed by atoms with E-state index in [9.17, 15) is 9.90 Å². The van der Waals surface area contributed by atoms with Crippen LogP contribution in [0, 0.1) is 5.41 Å². The Kier molecular flexibility index (Phi) is 9.14. The topological polar surface area (TPSA) is 88.7 Å². The van der Waals surface area contributed by atoms with Crippen molar-refractivity contribution in [3.8, 4) is 0 Å². The monoisotopic (exact) mass is 351 g/mol. The van der Waals surface area contributed by atoms with Crippen LogP contribution in [0.3, 0.4) is 0 Å². The molecular formula is C18H33N5O2. The number of aliphatic carboxylic acids is 1. The maximum atomic E-state index is 11.9. The minimum Gasteiger partial charge on any atom is -0.481 e. The first-order chi connectivity index (χ1) is 12.2. The zero-order valence-electron chi connectivity index (χ0n) is 15.1. The minimum absolute atomic E-state index is 0.545. The molecule has 1 unspecified atom stereocenters. The van der Waals surface area contributed by atoms with Crippen molar-refractivity contribution >= 4 is 5.97 Å². The Labute approximate surface area is 150 Å². The van der Waals surface area contributed by atoms with Gasteiger partial charge in [0, 0.05) is 72.0 Å². The van der Waals surface area contributed by atoms with Crippen LogP contribution in [0.15, 0.2) is 24.3 Å². The average Bonchev–Trinajstić information content (AvgIpc) is 2.62. The fourth-order valence-corrected chi connectivity index (χ4v) is 3.18. The van der Waals surface area contributed by atoms with Gasteiger partial charge in [-0.1, -0.05) is 24.3 Å². The van der Waals surface area contributed by atoms with E-state index in [2.05, 4.69) is 26.2 Å². The van der Waals surface area contributed by atoms with Crippen molar-refractivity contribution in [2.45, 2.75) is 6.42 Å². The highest BCUT2D eigenvalue weighted by Gasteiger charge is 2.37. The van der Waals surface area contributed by atoms with E-state index in [-0.39, 0.29) is 0 Å². The molecule has 5 N–H and O–H groups in total. The van der Waals surface area contributed by atoms with Gasteiger partial charge in [0.05, 0.1) is 0 Å². The van der Waals surface area contributed by atoms with Crippen molar-refractivity contribution in [1.82, 2.24) is 26.2 Å². The van der Waals surface area contributed by atoms with Gasteiger partial charge in [-0.25, -0.2) is 0 Å². The van der Waals surface area contributed by atoms with E-state index in [1.54, 1.807) is 0 Å². The van der Waals surface area contributed by atoms with Gasteiger partial charge in [-0.3, -0.25) is 9.69 Å². The Morgan fingerprint density at radius 2 is 1.40 bits per heavy atom. The lowest BCUT2D eigenvalue weighted by atomic mass is 9.81. The van der Waals surface area contributed by atoms with Gasteiger partial charge < -0.3 is 26.4 Å². The zero-order valence-corrected chi connectivity index (χ0v) is 15.1. The molecule has 142 valence electrons. The van der Waals surface area contributed by atoms with Crippen molar-refractivity contribution < 1.29 is 9.90 Å². The maximum Gasteiger partial charge on any atom is 0.315 e. The Morgan fingerprint density at radius 3 is 1.84 bits per heavy atom. The molecule has 0 bridgehead atoms. The van der Waals surface area contributed by atoms with E-state index in [0.29, 0.717) is 13.0 Å². The molecule has 1 atom stereocenters. The molecule has 1 fully saturated rings. The van der Waals surface area contributed by atoms with Crippen LogP contribution in [0.5, 0.6) is 0 Å². The van der Waals surface area contributed by atoms with E-state index in [1.165, 1.54) is 0 Å². The van der Waals surface area contributed by atoms with Crippen molar-refractivity contribution in [3.63, 3.8) is 0 Å². The summed E-state index contributed by atoms with van der Waals surface area (Å²) in [6.45, 7) is 9.71. The van der Waals surface area contributed by atoms with Crippen LogP contribution in [0.25, 0.3) is 0 Å². The number of hydrogen-bond donors (Lipinski definition) is 5. The standard InChI is InChI=1S/C18H33N5O2/c24-17(25)18(4-2-1-3-5-18)16-23-14-12-21-10-8-19-6-7-20-9-11-22-13-15-23/h1-4,19-22H,5-16H2,(H,24,25). The minimum atomic E-state index is -0.805. The Hall–Kier alpha value is -1.25. The summed E-state index contributed by atoms with van der Waals surface area (Å²) in [5, 5.41) is 23.4. The van der Waals surface area contributed by atoms with Crippen LogP contribution >= 0.6 is 0 Å². The number of carboxylic acids is 1. The quantitative estimate of drug-likeness (QED) is 0.457. The largest absolute Gasteiger partial charge is 0.481 e. The highest BCUT2D eigenvalue weighted by Crippen LogP contribution is 2.29. The number of allylic oxidation sites excluding steroid dienone is 3. The van der Waals surface area contributed by atoms with Crippen LogP contribution in [0.2, 0.25) is 0 Å². The van der Waals surface area contributed by atoms with Gasteiger partial charge in [0.25, 0.3) is 0 Å². The molecule has 1 heterocycles. The van der Waals surface area contributed by atoms with Gasteiger partial charge in [-0.15, -0.1) is 0 Å². The Bertz CT molecular complexity index is 439. The normalized spacial score (nSPS) is 28.2. The SMILES string of the molecule is O=C(O)C1(CN2CCNCCNCCNCCNCC2)C=CC=CC1. The molecule has 0 aromatic carbocycles. The fourth-order valence-electron chi connectivity index (χ4n) is 3.18. The predicted octanol–water partition coefficient (Wildman–Crippen LogP) is -0.752. The van der Waals surface area contributed by atoms with Gasteiger partial charge in [0.2, 0.25) is 0 Å². The third-order valence-corrected chi connectivity index (χ3v) is 4.72. The zero-order chi connectivity index (χ0) is 17.8. The van der Waals surface area contributed by atoms with Crippen LogP contribution in [-0.4, -0.2) is 88.0 Å². The molecule has 0 aromatic heterocycles. The number of hydrogen-bond acceptors (Lipinski definition) is 6. The number of carboxylic acid groups (broad SMARTS) is 1. The molecule has 1 aliphatic heterocycles. The summed E-state index contributed by atoms with van der Waals surface area (Å²) in [7, 11) is 0. The first kappa shape index (κ1) is 20.1. The Morgan fingerprint density at radius 1 is 0.880 bits per heavy atom. The summed E-state index contributed by atoms with van der Waals surface area (Å²) >= 11 is 0. The summed E-state index contributed by atoms with van der Waals surface area (Å²) in [5.41, 5.74) is -0.805. The third kappa shape index (κ3) is 7.25. The molecule has 7 nitrogen and oxygen atoms in total. The predicted molar refractivity (Wildman–Crippen MR) is 101 cm³/mol. The van der Waals surface area contributed by atoms with Crippen LogP contribution < -0.4 is 21.3 Å². The number of nitrogens with zero attached hydrogens (tertiary/aromatic N) is 1. The lowest BCUT2D eigenvalue weighted by Gasteiger charge is -2.33. The van der Waals surface area contributed by atoms with Crippen molar-refractivity contribution in [2.75, 3.05) is 72.0 Å². The van der Waals surface area contributed by atoms with Crippen LogP contribution in [0.4, 0.5) is 0 Å². The van der Waals surface area contributed by atoms with E-state index in [4.69, 9.17) is 0 Å². The second kappa shape index (κ2) is 11.4.